The third-order valence-electron chi connectivity index (χ3n) is 2.11. The quantitative estimate of drug-likeness (QED) is 0.572. The van der Waals surface area contributed by atoms with E-state index in [1.165, 1.54) is 0 Å². The smallest absolute Gasteiger partial charge is 0.306 e. The predicted molar refractivity (Wildman–Crippen MR) is 40.0 cm³/mol. The summed E-state index contributed by atoms with van der Waals surface area (Å²) in [5.74, 6) is 0.0988. The average molecular weight is 158 g/mol. The number of cyclic esters (lactones) is 1. The van der Waals surface area contributed by atoms with E-state index in [0.717, 1.165) is 6.42 Å². The van der Waals surface area contributed by atoms with Crippen molar-refractivity contribution in [3.05, 3.63) is 0 Å². The summed E-state index contributed by atoms with van der Waals surface area (Å²) in [5, 5.41) is 9.19. The maximum atomic E-state index is 10.8. The SMILES string of the molecule is C[C@H](O)[C@H]1OC(=O)CC[C@@H]1C. The van der Waals surface area contributed by atoms with Gasteiger partial charge in [-0.2, -0.15) is 0 Å². The van der Waals surface area contributed by atoms with Gasteiger partial charge in [0, 0.05) is 6.42 Å². The van der Waals surface area contributed by atoms with Gasteiger partial charge in [0.25, 0.3) is 0 Å². The molecule has 0 aromatic heterocycles. The summed E-state index contributed by atoms with van der Waals surface area (Å²) in [7, 11) is 0. The summed E-state index contributed by atoms with van der Waals surface area (Å²) in [6.45, 7) is 3.64. The van der Waals surface area contributed by atoms with E-state index >= 15 is 0 Å². The van der Waals surface area contributed by atoms with Crippen LogP contribution < -0.4 is 0 Å². The van der Waals surface area contributed by atoms with Gasteiger partial charge < -0.3 is 9.84 Å². The monoisotopic (exact) mass is 158 g/mol. The summed E-state index contributed by atoms with van der Waals surface area (Å²) in [5.41, 5.74) is 0. The highest BCUT2D eigenvalue weighted by molar-refractivity contribution is 5.70. The molecule has 1 heterocycles. The molecule has 0 bridgehead atoms. The lowest BCUT2D eigenvalue weighted by atomic mass is 9.93. The maximum Gasteiger partial charge on any atom is 0.306 e. The van der Waals surface area contributed by atoms with E-state index in [1.54, 1.807) is 6.92 Å². The molecule has 11 heavy (non-hydrogen) atoms. The molecule has 0 unspecified atom stereocenters. The summed E-state index contributed by atoms with van der Waals surface area (Å²) >= 11 is 0. The number of carbonyl (C=O) groups excluding carboxylic acids is 1. The van der Waals surface area contributed by atoms with Crippen LogP contribution in [0.5, 0.6) is 0 Å². The van der Waals surface area contributed by atoms with Crippen molar-refractivity contribution in [1.29, 1.82) is 0 Å². The van der Waals surface area contributed by atoms with Gasteiger partial charge in [0.2, 0.25) is 0 Å². The lowest BCUT2D eigenvalue weighted by Crippen LogP contribution is -2.38. The minimum Gasteiger partial charge on any atom is -0.459 e. The molecule has 0 aliphatic carbocycles. The lowest BCUT2D eigenvalue weighted by molar-refractivity contribution is -0.165. The van der Waals surface area contributed by atoms with Crippen LogP contribution >= 0.6 is 0 Å². The molecule has 3 heteroatoms. The van der Waals surface area contributed by atoms with Gasteiger partial charge in [0.05, 0.1) is 6.10 Å². The predicted octanol–water partition coefficient (Wildman–Crippen LogP) is 0.709. The zero-order valence-electron chi connectivity index (χ0n) is 6.91. The van der Waals surface area contributed by atoms with Gasteiger partial charge in [-0.15, -0.1) is 0 Å². The second-order valence-electron chi connectivity index (χ2n) is 3.21. The second-order valence-corrected chi connectivity index (χ2v) is 3.21. The number of ether oxygens (including phenoxy) is 1. The van der Waals surface area contributed by atoms with Gasteiger partial charge in [0.15, 0.2) is 0 Å². The Bertz CT molecular complexity index is 153. The van der Waals surface area contributed by atoms with Crippen molar-refractivity contribution in [3.63, 3.8) is 0 Å². The summed E-state index contributed by atoms with van der Waals surface area (Å²) in [6.07, 6.45) is 0.476. The Morgan fingerprint density at radius 1 is 1.73 bits per heavy atom. The van der Waals surface area contributed by atoms with Crippen molar-refractivity contribution in [2.45, 2.75) is 38.9 Å². The fraction of sp³-hybridized carbons (Fsp3) is 0.875. The van der Waals surface area contributed by atoms with Crippen LogP contribution in [0.3, 0.4) is 0 Å². The van der Waals surface area contributed by atoms with E-state index in [2.05, 4.69) is 0 Å². The molecule has 3 atom stereocenters. The normalized spacial score (nSPS) is 34.6. The molecule has 1 rings (SSSR count). The summed E-state index contributed by atoms with van der Waals surface area (Å²) < 4.78 is 4.97. The Hall–Kier alpha value is -0.570. The first-order valence-corrected chi connectivity index (χ1v) is 3.99. The number of hydrogen-bond acceptors (Lipinski definition) is 3. The molecule has 0 saturated carbocycles. The van der Waals surface area contributed by atoms with E-state index in [9.17, 15) is 9.90 Å². The third kappa shape index (κ3) is 1.93. The Morgan fingerprint density at radius 2 is 2.36 bits per heavy atom. The highest BCUT2D eigenvalue weighted by Gasteiger charge is 2.30. The standard InChI is InChI=1S/C8H14O3/c1-5-3-4-7(10)11-8(5)6(2)9/h5-6,8-9H,3-4H2,1-2H3/t5-,6-,8-/m0/s1. The van der Waals surface area contributed by atoms with Crippen LogP contribution in [-0.2, 0) is 9.53 Å². The number of carbonyl (C=O) groups is 1. The van der Waals surface area contributed by atoms with Crippen LogP contribution in [0.25, 0.3) is 0 Å². The van der Waals surface area contributed by atoms with E-state index in [0.29, 0.717) is 6.42 Å². The van der Waals surface area contributed by atoms with Crippen LogP contribution in [0.2, 0.25) is 0 Å². The molecule has 0 aromatic carbocycles. The minimum atomic E-state index is -0.547. The molecule has 1 saturated heterocycles. The molecule has 0 radical (unpaired) electrons. The van der Waals surface area contributed by atoms with E-state index in [1.807, 2.05) is 6.92 Å². The fourth-order valence-electron chi connectivity index (χ4n) is 1.41. The van der Waals surface area contributed by atoms with E-state index in [4.69, 9.17) is 4.74 Å². The molecule has 1 aliphatic heterocycles. The van der Waals surface area contributed by atoms with Gasteiger partial charge in [0.1, 0.15) is 6.10 Å². The molecule has 1 fully saturated rings. The zero-order valence-corrected chi connectivity index (χ0v) is 6.91. The lowest BCUT2D eigenvalue weighted by Gasteiger charge is -2.30. The number of rotatable bonds is 1. The zero-order chi connectivity index (χ0) is 8.43. The first kappa shape index (κ1) is 8.53. The molecule has 0 aromatic rings. The molecule has 3 nitrogen and oxygen atoms in total. The van der Waals surface area contributed by atoms with Crippen molar-refractivity contribution in [3.8, 4) is 0 Å². The van der Waals surface area contributed by atoms with Crippen LogP contribution in [0.4, 0.5) is 0 Å². The molecule has 64 valence electrons. The fourth-order valence-corrected chi connectivity index (χ4v) is 1.41. The van der Waals surface area contributed by atoms with Gasteiger partial charge >= 0.3 is 5.97 Å². The molecule has 0 amide bonds. The number of aliphatic hydroxyl groups is 1. The van der Waals surface area contributed by atoms with Crippen molar-refractivity contribution in [1.82, 2.24) is 0 Å². The first-order valence-electron chi connectivity index (χ1n) is 3.99. The summed E-state index contributed by atoms with van der Waals surface area (Å²) in [4.78, 5) is 10.8. The Kier molecular flexibility index (Phi) is 2.49. The Morgan fingerprint density at radius 3 is 2.82 bits per heavy atom. The minimum absolute atomic E-state index is 0.186. The van der Waals surface area contributed by atoms with Gasteiger partial charge in [-0.25, -0.2) is 0 Å². The number of aliphatic hydroxyl groups excluding tert-OH is 1. The van der Waals surface area contributed by atoms with E-state index < -0.39 is 6.10 Å². The van der Waals surface area contributed by atoms with Crippen LogP contribution in [-0.4, -0.2) is 23.3 Å². The Labute approximate surface area is 66.4 Å². The highest BCUT2D eigenvalue weighted by Crippen LogP contribution is 2.23. The van der Waals surface area contributed by atoms with Crippen molar-refractivity contribution < 1.29 is 14.6 Å². The molecular formula is C8H14O3. The van der Waals surface area contributed by atoms with Crippen molar-refractivity contribution >= 4 is 5.97 Å². The Balaban J connectivity index is 2.54. The van der Waals surface area contributed by atoms with Crippen LogP contribution in [0, 0.1) is 5.92 Å². The van der Waals surface area contributed by atoms with Crippen LogP contribution in [0.15, 0.2) is 0 Å². The summed E-state index contributed by atoms with van der Waals surface area (Å²) in [6, 6.07) is 0. The van der Waals surface area contributed by atoms with Crippen molar-refractivity contribution in [2.75, 3.05) is 0 Å². The van der Waals surface area contributed by atoms with Gasteiger partial charge in [-0.1, -0.05) is 6.92 Å². The second kappa shape index (κ2) is 3.22. The van der Waals surface area contributed by atoms with Crippen molar-refractivity contribution in [2.24, 2.45) is 5.92 Å². The van der Waals surface area contributed by atoms with Crippen LogP contribution in [0.1, 0.15) is 26.7 Å². The average Bonchev–Trinajstić information content (AvgIpc) is 1.94. The molecular weight excluding hydrogens is 144 g/mol. The highest BCUT2D eigenvalue weighted by atomic mass is 16.6. The third-order valence-corrected chi connectivity index (χ3v) is 2.11. The topological polar surface area (TPSA) is 46.5 Å². The first-order chi connectivity index (χ1) is 5.11. The number of hydrogen-bond donors (Lipinski definition) is 1. The van der Waals surface area contributed by atoms with Gasteiger partial charge in [-0.3, -0.25) is 4.79 Å². The van der Waals surface area contributed by atoms with E-state index in [-0.39, 0.29) is 18.0 Å². The molecule has 0 spiro atoms. The molecule has 1 aliphatic rings. The van der Waals surface area contributed by atoms with Gasteiger partial charge in [-0.05, 0) is 19.3 Å². The maximum absolute atomic E-state index is 10.8. The largest absolute Gasteiger partial charge is 0.459 e. The molecule has 1 N–H and O–H groups in total. The number of esters is 1.